The molecule has 80 valence electrons. The third-order valence-electron chi connectivity index (χ3n) is 1.68. The Bertz CT molecular complexity index is 255. The molecule has 3 nitrogen and oxygen atoms in total. The van der Waals surface area contributed by atoms with Gasteiger partial charge in [0.2, 0.25) is 0 Å². The first-order valence-electron chi connectivity index (χ1n) is 4.65. The highest BCUT2D eigenvalue weighted by molar-refractivity contribution is 6.83. The molecule has 0 rings (SSSR count). The molecule has 4 heteroatoms. The highest BCUT2D eigenvalue weighted by Crippen LogP contribution is 2.08. The lowest BCUT2D eigenvalue weighted by Crippen LogP contribution is -2.25. The fourth-order valence-corrected chi connectivity index (χ4v) is 1.52. The van der Waals surface area contributed by atoms with Crippen LogP contribution in [-0.2, 0) is 4.79 Å². The fraction of sp³-hybridized carbons (Fsp3) is 0.700. The molecule has 0 aromatic rings. The summed E-state index contributed by atoms with van der Waals surface area (Å²) in [5.74, 6) is 1.11. The molecule has 0 amide bonds. The molecule has 0 fully saturated rings. The topological polar surface area (TPSA) is 57.5 Å². The summed E-state index contributed by atoms with van der Waals surface area (Å²) in [5, 5.41) is 17.9. The number of aliphatic hydroxyl groups excluding tert-OH is 1. The molecule has 14 heavy (non-hydrogen) atoms. The van der Waals surface area contributed by atoms with E-state index in [1.165, 1.54) is 6.92 Å². The van der Waals surface area contributed by atoms with Crippen LogP contribution >= 0.6 is 0 Å². The summed E-state index contributed by atoms with van der Waals surface area (Å²) >= 11 is 0. The Kier molecular flexibility index (Phi) is 4.88. The van der Waals surface area contributed by atoms with Crippen LogP contribution < -0.4 is 0 Å². The molecule has 0 aliphatic rings. The lowest BCUT2D eigenvalue weighted by atomic mass is 10.0. The van der Waals surface area contributed by atoms with Gasteiger partial charge in [-0.2, -0.15) is 0 Å². The van der Waals surface area contributed by atoms with Gasteiger partial charge in [-0.15, -0.1) is 11.5 Å². The van der Waals surface area contributed by atoms with E-state index in [-0.39, 0.29) is 6.42 Å². The van der Waals surface area contributed by atoms with E-state index in [9.17, 15) is 9.90 Å². The Morgan fingerprint density at radius 1 is 1.43 bits per heavy atom. The standard InChI is InChI=1S/C10H18O3Si/c1-8(11)9(10(12)13)6-5-7-14(2,3)4/h8-9,11H,6H2,1-4H3,(H,12,13). The fourth-order valence-electron chi connectivity index (χ4n) is 0.890. The minimum atomic E-state index is -1.43. The SMILES string of the molecule is CC(O)C(CC#C[Si](C)(C)C)C(=O)O. The largest absolute Gasteiger partial charge is 0.481 e. The average Bonchev–Trinajstić information content (AvgIpc) is 1.94. The molecule has 0 aromatic carbocycles. The van der Waals surface area contributed by atoms with E-state index in [0.717, 1.165) is 0 Å². The van der Waals surface area contributed by atoms with Gasteiger partial charge in [-0.25, -0.2) is 0 Å². The van der Waals surface area contributed by atoms with Gasteiger partial charge < -0.3 is 10.2 Å². The summed E-state index contributed by atoms with van der Waals surface area (Å²) in [5.41, 5.74) is 3.08. The monoisotopic (exact) mass is 214 g/mol. The number of hydrogen-bond acceptors (Lipinski definition) is 2. The molecule has 0 bridgehead atoms. The maximum absolute atomic E-state index is 10.7. The molecule has 0 aromatic heterocycles. The number of rotatable bonds is 3. The summed E-state index contributed by atoms with van der Waals surface area (Å²) in [4.78, 5) is 10.7. The maximum atomic E-state index is 10.7. The van der Waals surface area contributed by atoms with Crippen molar-refractivity contribution in [1.29, 1.82) is 0 Å². The van der Waals surface area contributed by atoms with Crippen molar-refractivity contribution in [2.75, 3.05) is 0 Å². The average molecular weight is 214 g/mol. The summed E-state index contributed by atoms with van der Waals surface area (Å²) in [7, 11) is -1.43. The molecule has 0 radical (unpaired) electrons. The van der Waals surface area contributed by atoms with E-state index in [1.807, 2.05) is 0 Å². The Balaban J connectivity index is 4.32. The normalized spacial score (nSPS) is 15.2. The van der Waals surface area contributed by atoms with Gasteiger partial charge in [0.05, 0.1) is 12.0 Å². The molecule has 2 N–H and O–H groups in total. The van der Waals surface area contributed by atoms with Crippen LogP contribution in [0.2, 0.25) is 19.6 Å². The highest BCUT2D eigenvalue weighted by atomic mass is 28.3. The zero-order valence-electron chi connectivity index (χ0n) is 9.16. The van der Waals surface area contributed by atoms with E-state index in [0.29, 0.717) is 0 Å². The quantitative estimate of drug-likeness (QED) is 0.550. The third kappa shape index (κ3) is 5.78. The summed E-state index contributed by atoms with van der Waals surface area (Å²) in [6.45, 7) is 7.77. The smallest absolute Gasteiger partial charge is 0.310 e. The van der Waals surface area contributed by atoms with Crippen molar-refractivity contribution in [2.24, 2.45) is 5.92 Å². The molecule has 2 unspecified atom stereocenters. The van der Waals surface area contributed by atoms with Crippen LogP contribution in [0.1, 0.15) is 13.3 Å². The van der Waals surface area contributed by atoms with Gasteiger partial charge in [0.15, 0.2) is 0 Å². The van der Waals surface area contributed by atoms with Gasteiger partial charge in [0.25, 0.3) is 0 Å². The van der Waals surface area contributed by atoms with Crippen LogP contribution in [0.4, 0.5) is 0 Å². The molecule has 0 aliphatic heterocycles. The van der Waals surface area contributed by atoms with Crippen LogP contribution in [-0.4, -0.2) is 30.4 Å². The summed E-state index contributed by atoms with van der Waals surface area (Å²) < 4.78 is 0. The van der Waals surface area contributed by atoms with Crippen molar-refractivity contribution in [3.8, 4) is 11.5 Å². The van der Waals surface area contributed by atoms with Crippen molar-refractivity contribution in [1.82, 2.24) is 0 Å². The first-order chi connectivity index (χ1) is 6.24. The molecule has 0 spiro atoms. The van der Waals surface area contributed by atoms with Crippen molar-refractivity contribution >= 4 is 14.0 Å². The Hall–Kier alpha value is -0.793. The maximum Gasteiger partial charge on any atom is 0.310 e. The van der Waals surface area contributed by atoms with E-state index < -0.39 is 26.1 Å². The number of aliphatic hydroxyl groups is 1. The predicted octanol–water partition coefficient (Wildman–Crippen LogP) is 1.34. The van der Waals surface area contributed by atoms with Gasteiger partial charge >= 0.3 is 5.97 Å². The van der Waals surface area contributed by atoms with Crippen LogP contribution in [0.15, 0.2) is 0 Å². The first-order valence-corrected chi connectivity index (χ1v) is 8.15. The second kappa shape index (κ2) is 5.18. The zero-order valence-corrected chi connectivity index (χ0v) is 10.2. The predicted molar refractivity (Wildman–Crippen MR) is 58.5 cm³/mol. The van der Waals surface area contributed by atoms with Gasteiger partial charge in [0.1, 0.15) is 8.07 Å². The van der Waals surface area contributed by atoms with Gasteiger partial charge in [0, 0.05) is 6.42 Å². The second-order valence-corrected chi connectivity index (χ2v) is 9.19. The highest BCUT2D eigenvalue weighted by Gasteiger charge is 2.21. The minimum Gasteiger partial charge on any atom is -0.481 e. The Morgan fingerprint density at radius 3 is 2.21 bits per heavy atom. The molecule has 0 saturated heterocycles. The van der Waals surface area contributed by atoms with Gasteiger partial charge in [-0.3, -0.25) is 4.79 Å². The first kappa shape index (κ1) is 13.2. The van der Waals surface area contributed by atoms with Gasteiger partial charge in [-0.1, -0.05) is 19.6 Å². The van der Waals surface area contributed by atoms with Crippen LogP contribution in [0.25, 0.3) is 0 Å². The molecular weight excluding hydrogens is 196 g/mol. The van der Waals surface area contributed by atoms with E-state index in [1.54, 1.807) is 0 Å². The lowest BCUT2D eigenvalue weighted by molar-refractivity contribution is -0.144. The molecule has 2 atom stereocenters. The van der Waals surface area contributed by atoms with E-state index in [4.69, 9.17) is 5.11 Å². The van der Waals surface area contributed by atoms with Crippen molar-refractivity contribution in [3.63, 3.8) is 0 Å². The van der Waals surface area contributed by atoms with Gasteiger partial charge in [-0.05, 0) is 6.92 Å². The van der Waals surface area contributed by atoms with Crippen LogP contribution in [0.5, 0.6) is 0 Å². The van der Waals surface area contributed by atoms with Crippen molar-refractivity contribution in [3.05, 3.63) is 0 Å². The zero-order chi connectivity index (χ0) is 11.4. The second-order valence-electron chi connectivity index (χ2n) is 4.44. The number of carboxylic acid groups (broad SMARTS) is 1. The molecule has 0 saturated carbocycles. The molecule has 0 heterocycles. The Morgan fingerprint density at radius 2 is 1.93 bits per heavy atom. The number of carbonyl (C=O) groups is 1. The molecule has 0 aliphatic carbocycles. The van der Waals surface area contributed by atoms with Crippen molar-refractivity contribution < 1.29 is 15.0 Å². The summed E-state index contributed by atoms with van der Waals surface area (Å²) in [6, 6.07) is 0. The van der Waals surface area contributed by atoms with Crippen LogP contribution in [0.3, 0.4) is 0 Å². The van der Waals surface area contributed by atoms with Crippen LogP contribution in [0, 0.1) is 17.4 Å². The number of carboxylic acids is 1. The number of hydrogen-bond donors (Lipinski definition) is 2. The van der Waals surface area contributed by atoms with Crippen molar-refractivity contribution in [2.45, 2.75) is 39.1 Å². The molecular formula is C10H18O3Si. The Labute approximate surface area is 86.2 Å². The van der Waals surface area contributed by atoms with E-state index >= 15 is 0 Å². The van der Waals surface area contributed by atoms with E-state index in [2.05, 4.69) is 31.1 Å². The minimum absolute atomic E-state index is 0.233. The lowest BCUT2D eigenvalue weighted by Gasteiger charge is -2.12. The summed E-state index contributed by atoms with van der Waals surface area (Å²) in [6.07, 6.45) is -0.611. The third-order valence-corrected chi connectivity index (χ3v) is 2.61. The number of aliphatic carboxylic acids is 1.